The first-order valence-electron chi connectivity index (χ1n) is 11.1. The standard InChI is InChI=1S/C13H9F3O5S.C13H12O2S.CH4S.Na/c1-20-12(17)10-6-8-4-2-3-5-9(8)7-11(10)21-22(18,19)13(14,15)16;1-15-13(14)11-7-9-5-3-4-6-10(9)8-12(11)16-2;1-2;/h2-7H,1H3;3-8H,1-2H3;2H,1H3;/q;;;+1/p-1. The summed E-state index contributed by atoms with van der Waals surface area (Å²) in [4.78, 5) is 24.2. The number of carbonyl (C=O) groups excluding carboxylic acids is 2. The van der Waals surface area contributed by atoms with Crippen LogP contribution in [0.25, 0.3) is 21.5 Å². The fraction of sp³-hybridized carbons (Fsp3) is 0.185. The van der Waals surface area contributed by atoms with Crippen molar-refractivity contribution in [1.82, 2.24) is 0 Å². The number of fused-ring (bicyclic) bond motifs is 2. The Kier molecular flexibility index (Phi) is 14.5. The number of carbonyl (C=O) groups is 2. The van der Waals surface area contributed by atoms with Crippen LogP contribution in [0.3, 0.4) is 0 Å². The van der Waals surface area contributed by atoms with E-state index >= 15 is 0 Å². The van der Waals surface area contributed by atoms with Gasteiger partial charge in [-0.3, -0.25) is 0 Å². The van der Waals surface area contributed by atoms with Crippen molar-refractivity contribution in [3.05, 3.63) is 83.9 Å². The minimum atomic E-state index is -5.89. The molecule has 0 radical (unpaired) electrons. The molecule has 0 aromatic heterocycles. The van der Waals surface area contributed by atoms with Gasteiger partial charge in [-0.05, 0) is 52.1 Å². The van der Waals surface area contributed by atoms with E-state index in [1.807, 2.05) is 42.7 Å². The molecule has 0 bridgehead atoms. The SMILES string of the molecule is COC(=O)c1cc2ccccc2cc1OS(=O)(=O)C(F)(F)F.COC(=O)c1cc2ccccc2cc1SC.C[S-].[Na+]. The number of methoxy groups -OCH3 is 2. The number of hydrogen-bond acceptors (Lipinski definition) is 9. The molecule has 0 atom stereocenters. The maximum Gasteiger partial charge on any atom is 1.00 e. The van der Waals surface area contributed by atoms with E-state index in [4.69, 9.17) is 4.74 Å². The van der Waals surface area contributed by atoms with Crippen molar-refractivity contribution >= 4 is 68.0 Å². The zero-order valence-corrected chi connectivity index (χ0v) is 27.1. The van der Waals surface area contributed by atoms with E-state index in [1.165, 1.54) is 19.2 Å². The number of esters is 2. The van der Waals surface area contributed by atoms with Crippen LogP contribution in [-0.2, 0) is 32.2 Å². The molecule has 214 valence electrons. The molecule has 0 N–H and O–H groups in total. The predicted molar refractivity (Wildman–Crippen MR) is 151 cm³/mol. The molecule has 0 saturated carbocycles. The van der Waals surface area contributed by atoms with Gasteiger partial charge in [0.1, 0.15) is 5.56 Å². The van der Waals surface area contributed by atoms with Gasteiger partial charge in [-0.25, -0.2) is 9.59 Å². The van der Waals surface area contributed by atoms with Crippen LogP contribution in [0.5, 0.6) is 5.75 Å². The average Bonchev–Trinajstić information content (AvgIpc) is 2.95. The molecule has 0 heterocycles. The van der Waals surface area contributed by atoms with Crippen LogP contribution >= 0.6 is 11.8 Å². The van der Waals surface area contributed by atoms with Gasteiger partial charge in [-0.1, -0.05) is 48.5 Å². The third kappa shape index (κ3) is 9.29. The Bertz CT molecular complexity index is 1610. The minimum absolute atomic E-state index is 0. The zero-order chi connectivity index (χ0) is 30.1. The van der Waals surface area contributed by atoms with E-state index < -0.39 is 32.9 Å². The van der Waals surface area contributed by atoms with E-state index in [0.717, 1.165) is 28.8 Å². The first kappa shape index (κ1) is 36.6. The van der Waals surface area contributed by atoms with E-state index in [9.17, 15) is 31.2 Å². The molecular weight excluding hydrogens is 612 g/mol. The maximum absolute atomic E-state index is 12.4. The Labute approximate surface area is 267 Å². The number of hydrogen-bond donors (Lipinski definition) is 0. The summed E-state index contributed by atoms with van der Waals surface area (Å²) in [5, 5.41) is 3.11. The van der Waals surface area contributed by atoms with Crippen LogP contribution < -0.4 is 33.7 Å². The molecule has 0 spiro atoms. The van der Waals surface area contributed by atoms with Gasteiger partial charge in [-0.2, -0.15) is 27.8 Å². The molecule has 0 fully saturated rings. The Morgan fingerprint density at radius 2 is 1.15 bits per heavy atom. The van der Waals surface area contributed by atoms with Crippen molar-refractivity contribution in [1.29, 1.82) is 0 Å². The summed E-state index contributed by atoms with van der Waals surface area (Å²) >= 11 is 5.64. The van der Waals surface area contributed by atoms with Gasteiger partial charge < -0.3 is 26.3 Å². The number of thioether (sulfide) groups is 1. The van der Waals surface area contributed by atoms with Crippen molar-refractivity contribution in [3.63, 3.8) is 0 Å². The molecule has 14 heteroatoms. The van der Waals surface area contributed by atoms with Crippen molar-refractivity contribution < 1.29 is 74.4 Å². The van der Waals surface area contributed by atoms with Crippen LogP contribution in [0, 0.1) is 0 Å². The zero-order valence-electron chi connectivity index (χ0n) is 22.6. The number of benzene rings is 4. The fourth-order valence-corrected chi connectivity index (χ4v) is 4.46. The number of rotatable bonds is 5. The first-order chi connectivity index (χ1) is 18.9. The second-order valence-corrected chi connectivity index (χ2v) is 9.95. The normalized spacial score (nSPS) is 10.7. The van der Waals surface area contributed by atoms with Crippen molar-refractivity contribution in [2.45, 2.75) is 10.4 Å². The molecule has 4 aromatic carbocycles. The van der Waals surface area contributed by atoms with Crippen molar-refractivity contribution in [2.75, 3.05) is 26.7 Å². The molecule has 0 aliphatic carbocycles. The molecule has 0 amide bonds. The largest absolute Gasteiger partial charge is 1.00 e. The fourth-order valence-electron chi connectivity index (χ4n) is 3.38. The van der Waals surface area contributed by atoms with Gasteiger partial charge in [0, 0.05) is 4.90 Å². The maximum atomic E-state index is 12.4. The van der Waals surface area contributed by atoms with Gasteiger partial charge in [0.25, 0.3) is 0 Å². The summed E-state index contributed by atoms with van der Waals surface area (Å²) in [6, 6.07) is 20.5. The summed E-state index contributed by atoms with van der Waals surface area (Å²) < 4.78 is 72.8. The van der Waals surface area contributed by atoms with E-state index in [0.29, 0.717) is 16.3 Å². The average molecular weight is 637 g/mol. The van der Waals surface area contributed by atoms with Crippen LogP contribution in [0.1, 0.15) is 20.7 Å². The molecular formula is C27H24F3NaO7S3. The Hall–Kier alpha value is -2.42. The number of alkyl halides is 3. The van der Waals surface area contributed by atoms with Gasteiger partial charge in [0.15, 0.2) is 5.75 Å². The first-order valence-corrected chi connectivity index (χ1v) is 14.5. The summed E-state index contributed by atoms with van der Waals surface area (Å²) in [6.45, 7) is 0. The smallest absolute Gasteiger partial charge is 0.796 e. The van der Waals surface area contributed by atoms with E-state index in [-0.39, 0.29) is 35.5 Å². The number of halogens is 3. The second kappa shape index (κ2) is 16.3. The molecule has 7 nitrogen and oxygen atoms in total. The molecule has 4 rings (SSSR count). The molecule has 4 aromatic rings. The van der Waals surface area contributed by atoms with Gasteiger partial charge >= 0.3 is 57.1 Å². The van der Waals surface area contributed by atoms with E-state index in [2.05, 4.69) is 21.5 Å². The predicted octanol–water partition coefficient (Wildman–Crippen LogP) is 3.37. The van der Waals surface area contributed by atoms with Crippen LogP contribution in [0.15, 0.2) is 77.7 Å². The topological polar surface area (TPSA) is 96.0 Å². The molecule has 0 aliphatic rings. The third-order valence-electron chi connectivity index (χ3n) is 5.21. The Morgan fingerprint density at radius 3 is 1.56 bits per heavy atom. The summed E-state index contributed by atoms with van der Waals surface area (Å²) in [5.41, 5.74) is -5.39. The monoisotopic (exact) mass is 636 g/mol. The summed E-state index contributed by atoms with van der Waals surface area (Å²) in [7, 11) is -3.47. The Balaban J connectivity index is 0.000000393. The van der Waals surface area contributed by atoms with Gasteiger partial charge in [-0.15, -0.1) is 11.8 Å². The van der Waals surface area contributed by atoms with Crippen molar-refractivity contribution in [3.8, 4) is 5.75 Å². The molecule has 0 aliphatic heterocycles. The summed E-state index contributed by atoms with van der Waals surface area (Å²) in [5.74, 6) is -2.05. The van der Waals surface area contributed by atoms with Gasteiger partial charge in [0.2, 0.25) is 0 Å². The quantitative estimate of drug-likeness (QED) is 0.0816. The molecule has 0 unspecified atom stereocenters. The minimum Gasteiger partial charge on any atom is -0.796 e. The Morgan fingerprint density at radius 1 is 0.756 bits per heavy atom. The third-order valence-corrected chi connectivity index (χ3v) is 6.95. The molecule has 41 heavy (non-hydrogen) atoms. The molecule has 0 saturated heterocycles. The van der Waals surface area contributed by atoms with Crippen molar-refractivity contribution in [2.24, 2.45) is 0 Å². The summed E-state index contributed by atoms with van der Waals surface area (Å²) in [6.07, 6.45) is 3.54. The number of ether oxygens (including phenoxy) is 2. The van der Waals surface area contributed by atoms with Crippen LogP contribution in [-0.4, -0.2) is 52.6 Å². The van der Waals surface area contributed by atoms with Crippen LogP contribution in [0.4, 0.5) is 13.2 Å². The second-order valence-electron chi connectivity index (χ2n) is 7.56. The van der Waals surface area contributed by atoms with Crippen LogP contribution in [0.2, 0.25) is 0 Å². The van der Waals surface area contributed by atoms with E-state index in [1.54, 1.807) is 36.2 Å². The van der Waals surface area contributed by atoms with Gasteiger partial charge in [0.05, 0.1) is 19.8 Å².